The molecule has 0 radical (unpaired) electrons. The van der Waals surface area contributed by atoms with Gasteiger partial charge in [0.15, 0.2) is 11.5 Å². The molecule has 150 valence electrons. The summed E-state index contributed by atoms with van der Waals surface area (Å²) >= 11 is 0. The van der Waals surface area contributed by atoms with Gasteiger partial charge in [-0.15, -0.1) is 0 Å². The van der Waals surface area contributed by atoms with Crippen LogP contribution in [0.2, 0.25) is 0 Å². The van der Waals surface area contributed by atoms with Gasteiger partial charge < -0.3 is 33.9 Å². The van der Waals surface area contributed by atoms with E-state index in [0.717, 1.165) is 12.8 Å². The predicted molar refractivity (Wildman–Crippen MR) is 103 cm³/mol. The SMILES string of the molecule is CCCCC(O)c1cc(OC)c2c(OC)c(OC)c(O)c(OC)c2c1OC. The Morgan fingerprint density at radius 1 is 0.815 bits per heavy atom. The normalized spacial score (nSPS) is 12.0. The first-order valence-corrected chi connectivity index (χ1v) is 8.78. The number of phenolic OH excluding ortho intramolecular Hbond substituents is 1. The number of hydrogen-bond donors (Lipinski definition) is 2. The minimum Gasteiger partial charge on any atom is -0.502 e. The van der Waals surface area contributed by atoms with Gasteiger partial charge in [-0.25, -0.2) is 0 Å². The Kier molecular flexibility index (Phi) is 6.85. The number of aromatic hydroxyl groups is 1. The summed E-state index contributed by atoms with van der Waals surface area (Å²) in [6, 6.07) is 1.72. The molecule has 0 saturated heterocycles. The summed E-state index contributed by atoms with van der Waals surface area (Å²) in [6.45, 7) is 2.06. The zero-order valence-corrected chi connectivity index (χ0v) is 16.7. The number of rotatable bonds is 9. The van der Waals surface area contributed by atoms with Crippen molar-refractivity contribution in [1.29, 1.82) is 0 Å². The van der Waals surface area contributed by atoms with Crippen LogP contribution in [0.15, 0.2) is 6.07 Å². The molecular weight excluding hydrogens is 352 g/mol. The molecule has 0 fully saturated rings. The van der Waals surface area contributed by atoms with Gasteiger partial charge in [-0.2, -0.15) is 0 Å². The predicted octanol–water partition coefficient (Wildman–Crippen LogP) is 3.81. The van der Waals surface area contributed by atoms with Gasteiger partial charge in [0.05, 0.1) is 52.4 Å². The van der Waals surface area contributed by atoms with Crippen LogP contribution in [0.1, 0.15) is 37.9 Å². The summed E-state index contributed by atoms with van der Waals surface area (Å²) in [7, 11) is 7.36. The van der Waals surface area contributed by atoms with Crippen molar-refractivity contribution in [1.82, 2.24) is 0 Å². The molecule has 2 aromatic rings. The molecule has 0 aliphatic carbocycles. The number of aliphatic hydroxyl groups is 1. The average Bonchev–Trinajstić information content (AvgIpc) is 2.69. The number of benzene rings is 2. The van der Waals surface area contributed by atoms with Crippen LogP contribution in [0.4, 0.5) is 0 Å². The lowest BCUT2D eigenvalue weighted by Gasteiger charge is -2.23. The molecule has 1 unspecified atom stereocenters. The Hall–Kier alpha value is -2.54. The summed E-state index contributed by atoms with van der Waals surface area (Å²) in [5, 5.41) is 22.3. The lowest BCUT2D eigenvalue weighted by Crippen LogP contribution is -2.05. The van der Waals surface area contributed by atoms with E-state index in [-0.39, 0.29) is 23.0 Å². The van der Waals surface area contributed by atoms with Crippen LogP contribution in [-0.2, 0) is 0 Å². The van der Waals surface area contributed by atoms with Gasteiger partial charge in [-0.3, -0.25) is 0 Å². The van der Waals surface area contributed by atoms with Crippen molar-refractivity contribution < 1.29 is 33.9 Å². The Bertz CT molecular complexity index is 801. The molecular formula is C20H28O7. The number of phenols is 1. The Morgan fingerprint density at radius 2 is 1.41 bits per heavy atom. The fourth-order valence-corrected chi connectivity index (χ4v) is 3.31. The molecule has 0 aliphatic heterocycles. The second-order valence-electron chi connectivity index (χ2n) is 6.06. The standard InChI is InChI=1S/C20H28O7/c1-7-8-9-12(21)11-10-13(23-2)14-15(17(11)24-3)18(25-4)16(22)20(27-6)19(14)26-5/h10,12,21-22H,7-9H2,1-6H3. The smallest absolute Gasteiger partial charge is 0.207 e. The summed E-state index contributed by atoms with van der Waals surface area (Å²) < 4.78 is 27.5. The maximum atomic E-state index is 10.7. The van der Waals surface area contributed by atoms with Gasteiger partial charge in [0.2, 0.25) is 11.5 Å². The van der Waals surface area contributed by atoms with Gasteiger partial charge in [0.25, 0.3) is 0 Å². The van der Waals surface area contributed by atoms with Crippen molar-refractivity contribution in [2.24, 2.45) is 0 Å². The molecule has 7 heteroatoms. The largest absolute Gasteiger partial charge is 0.502 e. The van der Waals surface area contributed by atoms with Gasteiger partial charge >= 0.3 is 0 Å². The van der Waals surface area contributed by atoms with Crippen LogP contribution in [-0.4, -0.2) is 45.8 Å². The topological polar surface area (TPSA) is 86.6 Å². The van der Waals surface area contributed by atoms with Crippen molar-refractivity contribution in [3.63, 3.8) is 0 Å². The van der Waals surface area contributed by atoms with Gasteiger partial charge in [-0.1, -0.05) is 19.8 Å². The molecule has 1 atom stereocenters. The number of aliphatic hydroxyl groups excluding tert-OH is 1. The molecule has 2 rings (SSSR count). The minimum atomic E-state index is -0.752. The number of unbranched alkanes of at least 4 members (excludes halogenated alkanes) is 1. The highest BCUT2D eigenvalue weighted by Crippen LogP contribution is 2.56. The van der Waals surface area contributed by atoms with E-state index in [1.165, 1.54) is 35.5 Å². The van der Waals surface area contributed by atoms with Gasteiger partial charge in [-0.05, 0) is 12.5 Å². The van der Waals surface area contributed by atoms with E-state index in [0.29, 0.717) is 34.3 Å². The molecule has 0 saturated carbocycles. The Balaban J connectivity index is 3.00. The summed E-state index contributed by atoms with van der Waals surface area (Å²) in [5.74, 6) is 1.19. The van der Waals surface area contributed by atoms with Crippen LogP contribution in [0.5, 0.6) is 34.5 Å². The fraction of sp³-hybridized carbons (Fsp3) is 0.500. The number of hydrogen-bond acceptors (Lipinski definition) is 7. The lowest BCUT2D eigenvalue weighted by atomic mass is 9.96. The number of fused-ring (bicyclic) bond motifs is 1. The third-order valence-corrected chi connectivity index (χ3v) is 4.59. The summed E-state index contributed by atoms with van der Waals surface area (Å²) in [6.07, 6.45) is 1.64. The van der Waals surface area contributed by atoms with Crippen LogP contribution in [0.3, 0.4) is 0 Å². The lowest BCUT2D eigenvalue weighted by molar-refractivity contribution is 0.160. The first-order chi connectivity index (χ1) is 13.0. The zero-order valence-electron chi connectivity index (χ0n) is 16.7. The van der Waals surface area contributed by atoms with E-state index in [9.17, 15) is 10.2 Å². The molecule has 7 nitrogen and oxygen atoms in total. The van der Waals surface area contributed by atoms with Crippen molar-refractivity contribution in [2.75, 3.05) is 35.5 Å². The van der Waals surface area contributed by atoms with Gasteiger partial charge in [0, 0.05) is 5.56 Å². The van der Waals surface area contributed by atoms with Crippen LogP contribution in [0.25, 0.3) is 10.8 Å². The molecule has 0 heterocycles. The van der Waals surface area contributed by atoms with Crippen molar-refractivity contribution in [3.05, 3.63) is 11.6 Å². The number of ether oxygens (including phenoxy) is 5. The monoisotopic (exact) mass is 380 g/mol. The average molecular weight is 380 g/mol. The van der Waals surface area contributed by atoms with Crippen LogP contribution >= 0.6 is 0 Å². The molecule has 0 aromatic heterocycles. The first kappa shape index (κ1) is 20.8. The van der Waals surface area contributed by atoms with Gasteiger partial charge in [0.1, 0.15) is 11.5 Å². The Labute approximate surface area is 159 Å². The molecule has 0 bridgehead atoms. The highest BCUT2D eigenvalue weighted by molar-refractivity contribution is 6.06. The van der Waals surface area contributed by atoms with E-state index < -0.39 is 6.10 Å². The summed E-state index contributed by atoms with van der Waals surface area (Å²) in [4.78, 5) is 0. The van der Waals surface area contributed by atoms with Crippen molar-refractivity contribution >= 4 is 10.8 Å². The van der Waals surface area contributed by atoms with E-state index in [4.69, 9.17) is 23.7 Å². The molecule has 0 amide bonds. The highest BCUT2D eigenvalue weighted by atomic mass is 16.5. The van der Waals surface area contributed by atoms with Crippen LogP contribution in [0, 0.1) is 0 Å². The molecule has 2 aromatic carbocycles. The third kappa shape index (κ3) is 3.51. The van der Waals surface area contributed by atoms with E-state index >= 15 is 0 Å². The summed E-state index contributed by atoms with van der Waals surface area (Å²) in [5.41, 5.74) is 0.556. The third-order valence-electron chi connectivity index (χ3n) is 4.59. The van der Waals surface area contributed by atoms with E-state index in [2.05, 4.69) is 6.92 Å². The van der Waals surface area contributed by atoms with Crippen LogP contribution < -0.4 is 23.7 Å². The Morgan fingerprint density at radius 3 is 1.89 bits per heavy atom. The zero-order chi connectivity index (χ0) is 20.1. The first-order valence-electron chi connectivity index (χ1n) is 8.78. The quantitative estimate of drug-likeness (QED) is 0.684. The van der Waals surface area contributed by atoms with Crippen molar-refractivity contribution in [3.8, 4) is 34.5 Å². The maximum absolute atomic E-state index is 10.7. The van der Waals surface area contributed by atoms with Crippen molar-refractivity contribution in [2.45, 2.75) is 32.3 Å². The van der Waals surface area contributed by atoms with E-state index in [1.54, 1.807) is 6.07 Å². The minimum absolute atomic E-state index is 0.126. The number of methoxy groups -OCH3 is 5. The molecule has 0 spiro atoms. The molecule has 0 aliphatic rings. The highest BCUT2D eigenvalue weighted by Gasteiger charge is 2.30. The second-order valence-corrected chi connectivity index (χ2v) is 6.06. The maximum Gasteiger partial charge on any atom is 0.207 e. The second kappa shape index (κ2) is 8.90. The molecule has 27 heavy (non-hydrogen) atoms. The molecule has 2 N–H and O–H groups in total. The fourth-order valence-electron chi connectivity index (χ4n) is 3.31. The van der Waals surface area contributed by atoms with E-state index in [1.807, 2.05) is 0 Å².